The molecule has 8 bridgehead atoms. The minimum absolute atomic E-state index is 0.210. The van der Waals surface area contributed by atoms with Crippen molar-refractivity contribution in [2.75, 3.05) is 21.3 Å². The molecular weight excluding hydrogens is 608 g/mol. The number of aromatic nitrogens is 4. The molecular formula is C38H44N4O6. The molecule has 10 heteroatoms. The van der Waals surface area contributed by atoms with Gasteiger partial charge in [0.05, 0.1) is 44.1 Å². The topological polar surface area (TPSA) is 136 Å². The Labute approximate surface area is 280 Å². The minimum atomic E-state index is -0.297. The molecule has 0 radical (unpaired) electrons. The van der Waals surface area contributed by atoms with E-state index >= 15 is 0 Å². The molecule has 2 aliphatic rings. The molecule has 0 aromatic carbocycles. The van der Waals surface area contributed by atoms with Crippen molar-refractivity contribution < 1.29 is 28.6 Å². The zero-order valence-electron chi connectivity index (χ0n) is 29.1. The number of nitrogens with one attached hydrogen (secondary N) is 2. The van der Waals surface area contributed by atoms with E-state index in [1.54, 1.807) is 0 Å². The summed E-state index contributed by atoms with van der Waals surface area (Å²) < 4.78 is 14.9. The number of H-pyrrole nitrogens is 2. The Bertz CT molecular complexity index is 2030. The average molecular weight is 653 g/mol. The lowest BCUT2D eigenvalue weighted by Crippen LogP contribution is -2.02. The smallest absolute Gasteiger partial charge is 0.305 e. The lowest BCUT2D eigenvalue weighted by molar-refractivity contribution is -0.141. The van der Waals surface area contributed by atoms with E-state index in [2.05, 4.69) is 35.9 Å². The number of aryl methyl sites for hydroxylation is 4. The number of carbonyl (C=O) groups is 3. The van der Waals surface area contributed by atoms with E-state index in [-0.39, 0.29) is 37.2 Å². The molecule has 0 aliphatic carbocycles. The van der Waals surface area contributed by atoms with Gasteiger partial charge in [0.2, 0.25) is 0 Å². The largest absolute Gasteiger partial charge is 0.469 e. The second-order valence-electron chi connectivity index (χ2n) is 12.2. The Morgan fingerprint density at radius 1 is 0.562 bits per heavy atom. The molecule has 0 atom stereocenters. The average Bonchev–Trinajstić information content (AvgIpc) is 3.74. The van der Waals surface area contributed by atoms with Gasteiger partial charge in [-0.25, -0.2) is 9.97 Å². The SMILES string of the molecule is CCc1c(C)c2cc3nc(cc4nc(cc5[nH]c(cc1[nH]2)c(CCC(=O)OC)c5C)C(CCC(=O)OC)=C4C)C(CCC(=O)OC)=C3C. The summed E-state index contributed by atoms with van der Waals surface area (Å²) in [7, 11) is 4.19. The minimum Gasteiger partial charge on any atom is -0.469 e. The van der Waals surface area contributed by atoms with Crippen LogP contribution >= 0.6 is 0 Å². The van der Waals surface area contributed by atoms with Crippen molar-refractivity contribution >= 4 is 62.3 Å². The van der Waals surface area contributed by atoms with Crippen LogP contribution in [0, 0.1) is 13.8 Å². The summed E-state index contributed by atoms with van der Waals surface area (Å²) in [5.41, 5.74) is 14.9. The first-order valence-corrected chi connectivity index (χ1v) is 16.3. The summed E-state index contributed by atoms with van der Waals surface area (Å²) in [6, 6.07) is 8.18. The van der Waals surface area contributed by atoms with Gasteiger partial charge in [0.15, 0.2) is 0 Å². The van der Waals surface area contributed by atoms with E-state index in [0.29, 0.717) is 19.3 Å². The van der Waals surface area contributed by atoms with Crippen molar-refractivity contribution in [1.82, 2.24) is 19.9 Å². The molecule has 0 spiro atoms. The predicted octanol–water partition coefficient (Wildman–Crippen LogP) is 7.37. The number of ether oxygens (including phenoxy) is 3. The molecule has 0 amide bonds. The number of rotatable bonds is 10. The first-order valence-electron chi connectivity index (χ1n) is 16.3. The fourth-order valence-corrected chi connectivity index (χ4v) is 6.61. The highest BCUT2D eigenvalue weighted by atomic mass is 16.5. The summed E-state index contributed by atoms with van der Waals surface area (Å²) in [6.45, 7) is 10.3. The second kappa shape index (κ2) is 14.4. The zero-order valence-corrected chi connectivity index (χ0v) is 29.1. The standard InChI is InChI=1S/C38H44N4O6/c1-9-24-20(2)28-16-29-21(3)25(10-13-36(43)46-6)33(40-29)17-30-22(4)26(11-14-37(44)47-7)34(41-30)18-31-23(5)27(12-15-38(45)48-8)35(42-31)19-32(24)39-28/h16-19,39,42H,9-15H2,1-8H3. The van der Waals surface area contributed by atoms with Crippen LogP contribution in [0.25, 0.3) is 44.4 Å². The molecule has 0 unspecified atom stereocenters. The van der Waals surface area contributed by atoms with Crippen LogP contribution in [0.3, 0.4) is 0 Å². The van der Waals surface area contributed by atoms with Crippen LogP contribution in [-0.4, -0.2) is 59.2 Å². The Morgan fingerprint density at radius 2 is 0.979 bits per heavy atom. The third kappa shape index (κ3) is 6.83. The van der Waals surface area contributed by atoms with Gasteiger partial charge in [0.1, 0.15) is 0 Å². The number of fused-ring (bicyclic) bond motifs is 8. The van der Waals surface area contributed by atoms with E-state index < -0.39 is 0 Å². The summed E-state index contributed by atoms with van der Waals surface area (Å²) in [5, 5.41) is 0. The number of aromatic amines is 2. The quantitative estimate of drug-likeness (QED) is 0.171. The normalized spacial score (nSPS) is 12.8. The third-order valence-electron chi connectivity index (χ3n) is 9.57. The Kier molecular flexibility index (Phi) is 10.3. The molecule has 10 nitrogen and oxygen atoms in total. The van der Waals surface area contributed by atoms with Crippen LogP contribution < -0.4 is 0 Å². The van der Waals surface area contributed by atoms with Gasteiger partial charge >= 0.3 is 17.9 Å². The Balaban J connectivity index is 1.87. The number of hydrogen-bond acceptors (Lipinski definition) is 8. The van der Waals surface area contributed by atoms with E-state index in [0.717, 1.165) is 90.2 Å². The van der Waals surface area contributed by atoms with Gasteiger partial charge in [0.25, 0.3) is 0 Å². The fourth-order valence-electron chi connectivity index (χ4n) is 6.61. The highest BCUT2D eigenvalue weighted by molar-refractivity contribution is 5.96. The van der Waals surface area contributed by atoms with Crippen molar-refractivity contribution in [2.24, 2.45) is 0 Å². The van der Waals surface area contributed by atoms with Crippen molar-refractivity contribution in [1.29, 1.82) is 0 Å². The van der Waals surface area contributed by atoms with Crippen LogP contribution in [0.4, 0.5) is 0 Å². The van der Waals surface area contributed by atoms with Gasteiger partial charge in [-0.3, -0.25) is 14.4 Å². The first-order chi connectivity index (χ1) is 23.0. The van der Waals surface area contributed by atoms with Crippen LogP contribution in [0.15, 0.2) is 24.3 Å². The van der Waals surface area contributed by atoms with Crippen LogP contribution in [-0.2, 0) is 41.4 Å². The lowest BCUT2D eigenvalue weighted by atomic mass is 9.98. The van der Waals surface area contributed by atoms with Gasteiger partial charge in [-0.05, 0) is 122 Å². The van der Waals surface area contributed by atoms with E-state index in [9.17, 15) is 14.4 Å². The Hall–Kier alpha value is -4.99. The molecule has 5 heterocycles. The predicted molar refractivity (Wildman–Crippen MR) is 188 cm³/mol. The van der Waals surface area contributed by atoms with Gasteiger partial charge < -0.3 is 24.2 Å². The van der Waals surface area contributed by atoms with Crippen molar-refractivity contribution in [3.8, 4) is 0 Å². The highest BCUT2D eigenvalue weighted by Crippen LogP contribution is 2.38. The second-order valence-corrected chi connectivity index (χ2v) is 12.2. The Morgan fingerprint density at radius 3 is 1.48 bits per heavy atom. The summed E-state index contributed by atoms with van der Waals surface area (Å²) in [5.74, 6) is -0.850. The number of methoxy groups -OCH3 is 3. The number of carbonyl (C=O) groups excluding carboxylic acids is 3. The molecule has 252 valence electrons. The molecule has 0 saturated heterocycles. The first kappa shape index (κ1) is 34.3. The summed E-state index contributed by atoms with van der Waals surface area (Å²) in [6.07, 6.45) is 2.93. The maximum absolute atomic E-state index is 12.2. The molecule has 3 aromatic rings. The van der Waals surface area contributed by atoms with Gasteiger partial charge in [-0.15, -0.1) is 0 Å². The maximum atomic E-state index is 12.2. The van der Waals surface area contributed by atoms with E-state index in [1.807, 2.05) is 32.9 Å². The van der Waals surface area contributed by atoms with Crippen LogP contribution in [0.2, 0.25) is 0 Å². The number of allylic oxidation sites excluding steroid dienone is 4. The molecule has 3 aromatic heterocycles. The highest BCUT2D eigenvalue weighted by Gasteiger charge is 2.23. The molecule has 0 saturated carbocycles. The molecule has 2 aliphatic heterocycles. The van der Waals surface area contributed by atoms with Crippen molar-refractivity contribution in [3.05, 3.63) is 69.3 Å². The maximum Gasteiger partial charge on any atom is 0.305 e. The zero-order chi connectivity index (χ0) is 34.7. The number of hydrogen-bond donors (Lipinski definition) is 2. The molecule has 5 rings (SSSR count). The van der Waals surface area contributed by atoms with Crippen LogP contribution in [0.5, 0.6) is 0 Å². The van der Waals surface area contributed by atoms with Gasteiger partial charge in [-0.1, -0.05) is 6.92 Å². The molecule has 48 heavy (non-hydrogen) atoms. The lowest BCUT2D eigenvalue weighted by Gasteiger charge is -2.05. The van der Waals surface area contributed by atoms with Crippen molar-refractivity contribution in [2.45, 2.75) is 79.6 Å². The van der Waals surface area contributed by atoms with Gasteiger partial charge in [-0.2, -0.15) is 0 Å². The van der Waals surface area contributed by atoms with Crippen LogP contribution in [0.1, 0.15) is 97.9 Å². The fraction of sp³-hybridized carbons (Fsp3) is 0.395. The number of esters is 3. The van der Waals surface area contributed by atoms with Gasteiger partial charge in [0, 0.05) is 41.3 Å². The van der Waals surface area contributed by atoms with E-state index in [1.165, 1.54) is 26.9 Å². The summed E-state index contributed by atoms with van der Waals surface area (Å²) in [4.78, 5) is 54.1. The number of nitrogens with zero attached hydrogens (tertiary/aromatic N) is 2. The van der Waals surface area contributed by atoms with Crippen molar-refractivity contribution in [3.63, 3.8) is 0 Å². The van der Waals surface area contributed by atoms with E-state index in [4.69, 9.17) is 24.2 Å². The monoisotopic (exact) mass is 652 g/mol. The third-order valence-corrected chi connectivity index (χ3v) is 9.57. The molecule has 2 N–H and O–H groups in total. The molecule has 0 fully saturated rings. The summed E-state index contributed by atoms with van der Waals surface area (Å²) >= 11 is 0.